The van der Waals surface area contributed by atoms with Crippen LogP contribution in [0.5, 0.6) is 11.5 Å². The third-order valence-electron chi connectivity index (χ3n) is 5.32. The molecule has 0 aliphatic heterocycles. The first kappa shape index (κ1) is 23.4. The molecular formula is C25H27ClN2O4S. The predicted molar refractivity (Wildman–Crippen MR) is 132 cm³/mol. The number of amides is 1. The van der Waals surface area contributed by atoms with Crippen molar-refractivity contribution in [2.24, 2.45) is 4.99 Å². The zero-order valence-corrected chi connectivity index (χ0v) is 20.5. The molecule has 0 atom stereocenters. The third-order valence-corrected chi connectivity index (χ3v) is 6.80. The number of benzene rings is 1. The molecule has 0 radical (unpaired) electrons. The molecule has 0 unspecified atom stereocenters. The fourth-order valence-corrected chi connectivity index (χ4v) is 5.34. The largest absolute Gasteiger partial charge is 0.493 e. The number of methoxy groups -OCH3 is 1. The van der Waals surface area contributed by atoms with Gasteiger partial charge in [0.1, 0.15) is 10.8 Å². The quantitative estimate of drug-likeness (QED) is 0.376. The van der Waals surface area contributed by atoms with Gasteiger partial charge in [0.25, 0.3) is 5.91 Å². The van der Waals surface area contributed by atoms with Gasteiger partial charge in [-0.2, -0.15) is 0 Å². The molecule has 0 saturated carbocycles. The fraction of sp³-hybridized carbons (Fsp3) is 0.360. The van der Waals surface area contributed by atoms with Crippen LogP contribution in [-0.2, 0) is 19.4 Å². The van der Waals surface area contributed by atoms with Crippen molar-refractivity contribution in [2.45, 2.75) is 52.2 Å². The summed E-state index contributed by atoms with van der Waals surface area (Å²) >= 11 is 8.04. The van der Waals surface area contributed by atoms with E-state index in [1.54, 1.807) is 43.1 Å². The number of nitrogens with zero attached hydrogens (tertiary/aromatic N) is 1. The highest BCUT2D eigenvalue weighted by Gasteiger charge is 2.25. The van der Waals surface area contributed by atoms with Gasteiger partial charge >= 0.3 is 0 Å². The summed E-state index contributed by atoms with van der Waals surface area (Å²) < 4.78 is 16.6. The summed E-state index contributed by atoms with van der Waals surface area (Å²) in [7, 11) is 1.58. The number of aryl methyl sites for hydroxylation is 1. The standard InChI is InChI=1S/C25H27ClN2O4S/c1-15(2)32-23-19(26)11-16(12-20(23)30-3)13-28-25-22(18-8-4-5-9-21(18)33-25)24(29)27-14-17-7-6-10-31-17/h6-7,10-13,15H,4-5,8-9,14H2,1-3H3,(H,27,29). The molecule has 0 bridgehead atoms. The zero-order chi connectivity index (χ0) is 23.4. The van der Waals surface area contributed by atoms with E-state index in [4.69, 9.17) is 30.5 Å². The Labute approximate surface area is 202 Å². The molecule has 33 heavy (non-hydrogen) atoms. The van der Waals surface area contributed by atoms with Crippen molar-refractivity contribution in [3.05, 3.63) is 62.9 Å². The minimum atomic E-state index is -0.130. The second-order valence-electron chi connectivity index (χ2n) is 8.11. The number of carbonyl (C=O) groups excluding carboxylic acids is 1. The lowest BCUT2D eigenvalue weighted by molar-refractivity contribution is 0.0948. The maximum absolute atomic E-state index is 13.1. The van der Waals surface area contributed by atoms with Crippen molar-refractivity contribution in [1.82, 2.24) is 5.32 Å². The summed E-state index contributed by atoms with van der Waals surface area (Å²) in [6, 6.07) is 7.26. The van der Waals surface area contributed by atoms with Crippen molar-refractivity contribution in [1.29, 1.82) is 0 Å². The van der Waals surface area contributed by atoms with E-state index < -0.39 is 0 Å². The van der Waals surface area contributed by atoms with Crippen LogP contribution < -0.4 is 14.8 Å². The Bertz CT molecular complexity index is 1150. The van der Waals surface area contributed by atoms with Gasteiger partial charge in [0.2, 0.25) is 0 Å². The van der Waals surface area contributed by atoms with Crippen LogP contribution in [0.25, 0.3) is 0 Å². The lowest BCUT2D eigenvalue weighted by atomic mass is 9.95. The number of rotatable bonds is 8. The zero-order valence-electron chi connectivity index (χ0n) is 18.9. The van der Waals surface area contributed by atoms with Crippen LogP contribution in [0.4, 0.5) is 5.00 Å². The van der Waals surface area contributed by atoms with Gasteiger partial charge in [-0.25, -0.2) is 4.99 Å². The topological polar surface area (TPSA) is 73.1 Å². The number of nitrogens with one attached hydrogen (secondary N) is 1. The van der Waals surface area contributed by atoms with Gasteiger partial charge in [0.05, 0.1) is 36.6 Å². The summed E-state index contributed by atoms with van der Waals surface area (Å²) in [6.45, 7) is 4.20. The van der Waals surface area contributed by atoms with Crippen molar-refractivity contribution < 1.29 is 18.7 Å². The number of ether oxygens (including phenoxy) is 2. The molecule has 8 heteroatoms. The van der Waals surface area contributed by atoms with Crippen LogP contribution in [0.2, 0.25) is 5.02 Å². The summed E-state index contributed by atoms with van der Waals surface area (Å²) in [6.07, 6.45) is 7.37. The van der Waals surface area contributed by atoms with Crippen molar-refractivity contribution >= 4 is 40.1 Å². The molecule has 0 fully saturated rings. The Balaban J connectivity index is 1.63. The molecule has 2 heterocycles. The van der Waals surface area contributed by atoms with E-state index in [1.807, 2.05) is 26.0 Å². The number of hydrogen-bond donors (Lipinski definition) is 1. The van der Waals surface area contributed by atoms with Crippen molar-refractivity contribution in [2.75, 3.05) is 7.11 Å². The number of fused-ring (bicyclic) bond motifs is 1. The van der Waals surface area contributed by atoms with Crippen LogP contribution in [0.3, 0.4) is 0 Å². The second-order valence-corrected chi connectivity index (χ2v) is 9.60. The first-order chi connectivity index (χ1) is 16.0. The molecule has 6 nitrogen and oxygen atoms in total. The molecule has 1 aromatic carbocycles. The summed E-state index contributed by atoms with van der Waals surface area (Å²) in [5, 5.41) is 4.13. The number of carbonyl (C=O) groups is 1. The average Bonchev–Trinajstić information content (AvgIpc) is 3.44. The minimum Gasteiger partial charge on any atom is -0.493 e. The van der Waals surface area contributed by atoms with Crippen LogP contribution in [-0.4, -0.2) is 25.3 Å². The fourth-order valence-electron chi connectivity index (χ4n) is 3.84. The molecular weight excluding hydrogens is 460 g/mol. The molecule has 1 aliphatic carbocycles. The molecule has 0 spiro atoms. The lowest BCUT2D eigenvalue weighted by Crippen LogP contribution is -2.23. The van der Waals surface area contributed by atoms with E-state index in [-0.39, 0.29) is 12.0 Å². The number of aliphatic imine (C=N–C) groups is 1. The second kappa shape index (κ2) is 10.4. The molecule has 1 aliphatic rings. The van der Waals surface area contributed by atoms with Gasteiger partial charge < -0.3 is 19.2 Å². The van der Waals surface area contributed by atoms with Crippen LogP contribution >= 0.6 is 22.9 Å². The first-order valence-electron chi connectivity index (χ1n) is 11.0. The van der Waals surface area contributed by atoms with Gasteiger partial charge in [0, 0.05) is 11.1 Å². The van der Waals surface area contributed by atoms with Crippen molar-refractivity contribution in [3.63, 3.8) is 0 Å². The molecule has 4 rings (SSSR count). The summed E-state index contributed by atoms with van der Waals surface area (Å²) in [5.74, 6) is 1.63. The molecule has 0 saturated heterocycles. The maximum atomic E-state index is 13.1. The van der Waals surface area contributed by atoms with Crippen LogP contribution in [0, 0.1) is 0 Å². The SMILES string of the molecule is COc1cc(C=Nc2sc3c(c2C(=O)NCc2ccco2)CCCC3)cc(Cl)c1OC(C)C. The highest BCUT2D eigenvalue weighted by atomic mass is 35.5. The Hall–Kier alpha value is -2.77. The van der Waals surface area contributed by atoms with Crippen molar-refractivity contribution in [3.8, 4) is 11.5 Å². The van der Waals surface area contributed by atoms with Gasteiger partial charge in [-0.1, -0.05) is 11.6 Å². The maximum Gasteiger partial charge on any atom is 0.255 e. The number of furan rings is 1. The van der Waals surface area contributed by atoms with E-state index in [0.29, 0.717) is 39.4 Å². The van der Waals surface area contributed by atoms with Gasteiger partial charge in [-0.15, -0.1) is 11.3 Å². The average molecular weight is 487 g/mol. The van der Waals surface area contributed by atoms with E-state index in [1.165, 1.54) is 4.88 Å². The molecule has 1 amide bonds. The number of thiophene rings is 1. The van der Waals surface area contributed by atoms with Gasteiger partial charge in [0.15, 0.2) is 11.5 Å². The monoisotopic (exact) mass is 486 g/mol. The van der Waals surface area contributed by atoms with E-state index in [2.05, 4.69) is 5.32 Å². The van der Waals surface area contributed by atoms with Gasteiger partial charge in [-0.3, -0.25) is 4.79 Å². The molecule has 1 N–H and O–H groups in total. The molecule has 3 aromatic rings. The predicted octanol–water partition coefficient (Wildman–Crippen LogP) is 6.35. The highest BCUT2D eigenvalue weighted by molar-refractivity contribution is 7.16. The Kier molecular flexibility index (Phi) is 7.40. The third kappa shape index (κ3) is 5.42. The van der Waals surface area contributed by atoms with Gasteiger partial charge in [-0.05, 0) is 74.9 Å². The van der Waals surface area contributed by atoms with Crippen LogP contribution in [0.15, 0.2) is 39.9 Å². The smallest absolute Gasteiger partial charge is 0.255 e. The minimum absolute atomic E-state index is 0.0318. The normalized spacial score (nSPS) is 13.4. The Morgan fingerprint density at radius 3 is 2.88 bits per heavy atom. The lowest BCUT2D eigenvalue weighted by Gasteiger charge is -2.15. The first-order valence-corrected chi connectivity index (χ1v) is 12.2. The van der Waals surface area contributed by atoms with E-state index in [0.717, 1.165) is 36.8 Å². The molecule has 174 valence electrons. The molecule has 2 aromatic heterocycles. The Morgan fingerprint density at radius 2 is 2.15 bits per heavy atom. The number of hydrogen-bond acceptors (Lipinski definition) is 6. The van der Waals surface area contributed by atoms with E-state index >= 15 is 0 Å². The van der Waals surface area contributed by atoms with Crippen LogP contribution in [0.1, 0.15) is 58.8 Å². The Morgan fingerprint density at radius 1 is 1.33 bits per heavy atom. The number of halogens is 1. The summed E-state index contributed by atoms with van der Waals surface area (Å²) in [4.78, 5) is 19.1. The highest BCUT2D eigenvalue weighted by Crippen LogP contribution is 2.40. The summed E-state index contributed by atoms with van der Waals surface area (Å²) in [5.41, 5.74) is 2.54. The van der Waals surface area contributed by atoms with E-state index in [9.17, 15) is 4.79 Å².